The molecule has 0 aliphatic carbocycles. The zero-order valence-corrected chi connectivity index (χ0v) is 9.57. The summed E-state index contributed by atoms with van der Waals surface area (Å²) < 4.78 is 10.5. The predicted octanol–water partition coefficient (Wildman–Crippen LogP) is -1.42. The molecular formula is C10H19N3O3. The summed E-state index contributed by atoms with van der Waals surface area (Å²) in [4.78, 5) is 12.0. The van der Waals surface area contributed by atoms with Crippen LogP contribution in [0.25, 0.3) is 0 Å². The molecule has 2 unspecified atom stereocenters. The molecule has 0 radical (unpaired) electrons. The molecule has 2 saturated heterocycles. The number of nitrogens with one attached hydrogen (secondary N) is 2. The Labute approximate surface area is 95.2 Å². The molecule has 1 amide bonds. The molecule has 0 spiro atoms. The molecule has 2 aliphatic rings. The number of hydrogen-bond acceptors (Lipinski definition) is 5. The molecule has 16 heavy (non-hydrogen) atoms. The van der Waals surface area contributed by atoms with Crippen molar-refractivity contribution in [1.82, 2.24) is 15.8 Å². The van der Waals surface area contributed by atoms with E-state index in [0.29, 0.717) is 26.4 Å². The van der Waals surface area contributed by atoms with Gasteiger partial charge in [-0.25, -0.2) is 5.01 Å². The SMILES string of the molecule is CNC1COCC1C(=O)NN1CCOCC1. The van der Waals surface area contributed by atoms with Crippen molar-refractivity contribution < 1.29 is 14.3 Å². The van der Waals surface area contributed by atoms with Crippen LogP contribution in [-0.2, 0) is 14.3 Å². The molecule has 0 aromatic carbocycles. The van der Waals surface area contributed by atoms with Crippen molar-refractivity contribution in [3.8, 4) is 0 Å². The molecule has 0 bridgehead atoms. The number of rotatable bonds is 3. The second-order valence-corrected chi connectivity index (χ2v) is 4.11. The number of ether oxygens (including phenoxy) is 2. The molecule has 2 fully saturated rings. The first-order valence-electron chi connectivity index (χ1n) is 5.69. The van der Waals surface area contributed by atoms with Crippen LogP contribution in [0.5, 0.6) is 0 Å². The minimum absolute atomic E-state index is 0.0405. The highest BCUT2D eigenvalue weighted by Crippen LogP contribution is 2.13. The highest BCUT2D eigenvalue weighted by molar-refractivity contribution is 5.79. The Kier molecular flexibility index (Phi) is 4.11. The highest BCUT2D eigenvalue weighted by atomic mass is 16.5. The summed E-state index contributed by atoms with van der Waals surface area (Å²) in [6.45, 7) is 3.97. The van der Waals surface area contributed by atoms with E-state index in [1.807, 2.05) is 12.1 Å². The first-order valence-corrected chi connectivity index (χ1v) is 5.69. The van der Waals surface area contributed by atoms with E-state index in [4.69, 9.17) is 9.47 Å². The van der Waals surface area contributed by atoms with Gasteiger partial charge in [-0.3, -0.25) is 10.2 Å². The fourth-order valence-corrected chi connectivity index (χ4v) is 2.01. The van der Waals surface area contributed by atoms with E-state index in [1.54, 1.807) is 0 Å². The Morgan fingerprint density at radius 3 is 2.69 bits per heavy atom. The van der Waals surface area contributed by atoms with Gasteiger partial charge in [0.1, 0.15) is 0 Å². The second kappa shape index (κ2) is 5.58. The van der Waals surface area contributed by atoms with E-state index in [-0.39, 0.29) is 17.9 Å². The fraction of sp³-hybridized carbons (Fsp3) is 0.900. The molecule has 2 atom stereocenters. The van der Waals surface area contributed by atoms with Crippen LogP contribution in [-0.4, -0.2) is 63.5 Å². The fourth-order valence-electron chi connectivity index (χ4n) is 2.01. The van der Waals surface area contributed by atoms with E-state index >= 15 is 0 Å². The van der Waals surface area contributed by atoms with Crippen molar-refractivity contribution in [1.29, 1.82) is 0 Å². The minimum Gasteiger partial charge on any atom is -0.379 e. The lowest BCUT2D eigenvalue weighted by atomic mass is 10.0. The summed E-state index contributed by atoms with van der Waals surface area (Å²) in [5.41, 5.74) is 2.92. The molecule has 0 aromatic rings. The number of amides is 1. The number of carbonyl (C=O) groups excluding carboxylic acids is 1. The lowest BCUT2D eigenvalue weighted by Crippen LogP contribution is -2.52. The van der Waals surface area contributed by atoms with Gasteiger partial charge in [-0.1, -0.05) is 0 Å². The van der Waals surface area contributed by atoms with E-state index in [9.17, 15) is 4.79 Å². The number of morpholine rings is 1. The van der Waals surface area contributed by atoms with E-state index in [2.05, 4.69) is 10.7 Å². The van der Waals surface area contributed by atoms with Crippen molar-refractivity contribution in [2.45, 2.75) is 6.04 Å². The third-order valence-electron chi connectivity index (χ3n) is 3.07. The Morgan fingerprint density at radius 1 is 1.25 bits per heavy atom. The van der Waals surface area contributed by atoms with Crippen LogP contribution in [0.2, 0.25) is 0 Å². The van der Waals surface area contributed by atoms with Crippen molar-refractivity contribution in [2.75, 3.05) is 46.6 Å². The monoisotopic (exact) mass is 229 g/mol. The highest BCUT2D eigenvalue weighted by Gasteiger charge is 2.33. The minimum atomic E-state index is -0.0900. The topological polar surface area (TPSA) is 62.8 Å². The number of likely N-dealkylation sites (N-methyl/N-ethyl adjacent to an activating group) is 1. The van der Waals surface area contributed by atoms with Crippen molar-refractivity contribution >= 4 is 5.91 Å². The van der Waals surface area contributed by atoms with Crippen molar-refractivity contribution in [3.05, 3.63) is 0 Å². The normalized spacial score (nSPS) is 31.6. The summed E-state index contributed by atoms with van der Waals surface area (Å²) in [6.07, 6.45) is 0. The predicted molar refractivity (Wildman–Crippen MR) is 57.7 cm³/mol. The van der Waals surface area contributed by atoms with Gasteiger partial charge in [0.25, 0.3) is 0 Å². The van der Waals surface area contributed by atoms with E-state index in [1.165, 1.54) is 0 Å². The lowest BCUT2D eigenvalue weighted by Gasteiger charge is -2.28. The second-order valence-electron chi connectivity index (χ2n) is 4.11. The Bertz CT molecular complexity index is 243. The van der Waals surface area contributed by atoms with Crippen LogP contribution >= 0.6 is 0 Å². The summed E-state index contributed by atoms with van der Waals surface area (Å²) in [5, 5.41) is 5.02. The molecule has 0 aromatic heterocycles. The van der Waals surface area contributed by atoms with Crippen LogP contribution in [0.4, 0.5) is 0 Å². The molecule has 2 aliphatic heterocycles. The number of nitrogens with zero attached hydrogens (tertiary/aromatic N) is 1. The standard InChI is InChI=1S/C10H19N3O3/c1-11-9-7-16-6-8(9)10(14)12-13-2-4-15-5-3-13/h8-9,11H,2-7H2,1H3,(H,12,14). The Morgan fingerprint density at radius 2 is 2.00 bits per heavy atom. The zero-order valence-electron chi connectivity index (χ0n) is 9.57. The number of hydrazine groups is 1. The van der Waals surface area contributed by atoms with Crippen molar-refractivity contribution in [2.24, 2.45) is 5.92 Å². The largest absolute Gasteiger partial charge is 0.379 e. The Balaban J connectivity index is 1.82. The third kappa shape index (κ3) is 2.70. The van der Waals surface area contributed by atoms with Crippen LogP contribution < -0.4 is 10.7 Å². The molecular weight excluding hydrogens is 210 g/mol. The van der Waals surface area contributed by atoms with Gasteiger partial charge in [0.15, 0.2) is 0 Å². The number of hydrogen-bond donors (Lipinski definition) is 2. The third-order valence-corrected chi connectivity index (χ3v) is 3.07. The molecule has 2 heterocycles. The maximum atomic E-state index is 12.0. The van der Waals surface area contributed by atoms with Gasteiger partial charge in [0, 0.05) is 19.1 Å². The summed E-state index contributed by atoms with van der Waals surface area (Å²) in [7, 11) is 1.86. The zero-order chi connectivity index (χ0) is 11.4. The molecule has 2 rings (SSSR count). The average molecular weight is 229 g/mol. The molecule has 0 saturated carbocycles. The first-order chi connectivity index (χ1) is 7.81. The molecule has 2 N–H and O–H groups in total. The summed E-state index contributed by atoms with van der Waals surface area (Å²) >= 11 is 0. The molecule has 6 nitrogen and oxygen atoms in total. The van der Waals surface area contributed by atoms with Gasteiger partial charge in [-0.2, -0.15) is 0 Å². The average Bonchev–Trinajstić information content (AvgIpc) is 2.78. The van der Waals surface area contributed by atoms with Crippen LogP contribution in [0.1, 0.15) is 0 Å². The summed E-state index contributed by atoms with van der Waals surface area (Å²) in [6, 6.07) is 0.126. The van der Waals surface area contributed by atoms with Gasteiger partial charge in [0.05, 0.1) is 32.3 Å². The molecule has 6 heteroatoms. The van der Waals surface area contributed by atoms with E-state index < -0.39 is 0 Å². The quantitative estimate of drug-likeness (QED) is 0.622. The van der Waals surface area contributed by atoms with E-state index in [0.717, 1.165) is 13.1 Å². The Hall–Kier alpha value is -0.690. The maximum absolute atomic E-state index is 12.0. The smallest absolute Gasteiger partial charge is 0.241 e. The van der Waals surface area contributed by atoms with Gasteiger partial charge in [0.2, 0.25) is 5.91 Å². The van der Waals surface area contributed by atoms with Gasteiger partial charge >= 0.3 is 0 Å². The van der Waals surface area contributed by atoms with Gasteiger partial charge in [-0.15, -0.1) is 0 Å². The maximum Gasteiger partial charge on any atom is 0.241 e. The van der Waals surface area contributed by atoms with Crippen LogP contribution in [0.3, 0.4) is 0 Å². The van der Waals surface area contributed by atoms with Crippen molar-refractivity contribution in [3.63, 3.8) is 0 Å². The van der Waals surface area contributed by atoms with Crippen LogP contribution in [0, 0.1) is 5.92 Å². The summed E-state index contributed by atoms with van der Waals surface area (Å²) in [5.74, 6) is -0.0494. The van der Waals surface area contributed by atoms with Gasteiger partial charge < -0.3 is 14.8 Å². The first kappa shape index (κ1) is 11.8. The molecule has 92 valence electrons. The number of carbonyl (C=O) groups is 1. The lowest BCUT2D eigenvalue weighted by molar-refractivity contribution is -0.132. The van der Waals surface area contributed by atoms with Crippen LogP contribution in [0.15, 0.2) is 0 Å². The van der Waals surface area contributed by atoms with Gasteiger partial charge in [-0.05, 0) is 7.05 Å².